The van der Waals surface area contributed by atoms with Crippen molar-refractivity contribution < 1.29 is 0 Å². The van der Waals surface area contributed by atoms with Crippen molar-refractivity contribution in [2.45, 2.75) is 10.9 Å². The average Bonchev–Trinajstić information content (AvgIpc) is 3.11. The zero-order valence-corrected chi connectivity index (χ0v) is 16.3. The van der Waals surface area contributed by atoms with Gasteiger partial charge in [0, 0.05) is 10.2 Å². The number of thioether (sulfide) groups is 1. The van der Waals surface area contributed by atoms with Crippen LogP contribution < -0.4 is 5.56 Å². The van der Waals surface area contributed by atoms with E-state index in [0.29, 0.717) is 9.86 Å². The van der Waals surface area contributed by atoms with E-state index in [1.807, 2.05) is 53.9 Å². The third-order valence-electron chi connectivity index (χ3n) is 3.74. The molecule has 0 saturated heterocycles. The largest absolute Gasteiger partial charge is 0.276 e. The Morgan fingerprint density at radius 1 is 1.04 bits per heavy atom. The summed E-state index contributed by atoms with van der Waals surface area (Å²) in [6.45, 7) is 0. The van der Waals surface area contributed by atoms with Crippen LogP contribution in [0.3, 0.4) is 0 Å². The van der Waals surface area contributed by atoms with Crippen LogP contribution in [0.15, 0.2) is 80.5 Å². The molecule has 124 valence electrons. The predicted molar refractivity (Wildman–Crippen MR) is 109 cm³/mol. The summed E-state index contributed by atoms with van der Waals surface area (Å²) in [5.74, 6) is 0.763. The van der Waals surface area contributed by atoms with Gasteiger partial charge in [0.05, 0.1) is 11.2 Å². The number of fused-ring (bicyclic) bond motifs is 1. The van der Waals surface area contributed by atoms with E-state index in [1.165, 1.54) is 16.9 Å². The van der Waals surface area contributed by atoms with E-state index in [2.05, 4.69) is 28.1 Å². The molecule has 2 aromatic heterocycles. The Morgan fingerprint density at radius 3 is 2.56 bits per heavy atom. The molecule has 6 heteroatoms. The standard InChI is InChI=1S/C19H13BrN2OS2/c20-14-6-8-15(9-7-14)22-18(23)17-16(10-11-24-17)21-19(22)25-12-13-4-2-1-3-5-13/h1-11H,12H2. The van der Waals surface area contributed by atoms with Crippen LogP contribution >= 0.6 is 39.0 Å². The molecule has 0 spiro atoms. The Hall–Kier alpha value is -1.89. The SMILES string of the molecule is O=c1c2sccc2nc(SCc2ccccc2)n1-c1ccc(Br)cc1. The molecule has 25 heavy (non-hydrogen) atoms. The molecule has 0 fully saturated rings. The molecule has 0 unspecified atom stereocenters. The van der Waals surface area contributed by atoms with Gasteiger partial charge in [-0.25, -0.2) is 4.98 Å². The molecule has 0 radical (unpaired) electrons. The third-order valence-corrected chi connectivity index (χ3v) is 6.17. The fourth-order valence-electron chi connectivity index (χ4n) is 2.53. The molecule has 2 aromatic carbocycles. The highest BCUT2D eigenvalue weighted by molar-refractivity contribution is 9.10. The van der Waals surface area contributed by atoms with Gasteiger partial charge in [0.15, 0.2) is 5.16 Å². The zero-order chi connectivity index (χ0) is 17.2. The van der Waals surface area contributed by atoms with Crippen molar-refractivity contribution in [1.82, 2.24) is 9.55 Å². The van der Waals surface area contributed by atoms with E-state index in [1.54, 1.807) is 16.3 Å². The van der Waals surface area contributed by atoms with Gasteiger partial charge in [-0.2, -0.15) is 0 Å². The Kier molecular flexibility index (Phi) is 4.74. The average molecular weight is 429 g/mol. The maximum atomic E-state index is 13.0. The van der Waals surface area contributed by atoms with Crippen molar-refractivity contribution in [1.29, 1.82) is 0 Å². The molecular formula is C19H13BrN2OS2. The molecule has 0 aliphatic rings. The molecule has 4 aromatic rings. The molecule has 0 atom stereocenters. The molecular weight excluding hydrogens is 416 g/mol. The minimum absolute atomic E-state index is 0.0158. The monoisotopic (exact) mass is 428 g/mol. The molecule has 4 rings (SSSR count). The smallest absolute Gasteiger partial charge is 0.267 e. The van der Waals surface area contributed by atoms with E-state index >= 15 is 0 Å². The maximum absolute atomic E-state index is 13.0. The highest BCUT2D eigenvalue weighted by Gasteiger charge is 2.14. The number of benzene rings is 2. The lowest BCUT2D eigenvalue weighted by atomic mass is 10.2. The van der Waals surface area contributed by atoms with Crippen molar-refractivity contribution in [2.24, 2.45) is 0 Å². The quantitative estimate of drug-likeness (QED) is 0.317. The number of nitrogens with zero attached hydrogens (tertiary/aromatic N) is 2. The first-order valence-corrected chi connectivity index (χ1v) is 10.3. The first-order chi connectivity index (χ1) is 12.2. The summed E-state index contributed by atoms with van der Waals surface area (Å²) in [7, 11) is 0. The maximum Gasteiger partial charge on any atom is 0.276 e. The molecule has 3 nitrogen and oxygen atoms in total. The summed E-state index contributed by atoms with van der Waals surface area (Å²) in [5, 5.41) is 2.62. The van der Waals surface area contributed by atoms with Crippen LogP contribution in [0.25, 0.3) is 15.9 Å². The normalized spacial score (nSPS) is 11.1. The van der Waals surface area contributed by atoms with Gasteiger partial charge in [-0.05, 0) is 41.3 Å². The second kappa shape index (κ2) is 7.15. The summed E-state index contributed by atoms with van der Waals surface area (Å²) in [4.78, 5) is 17.7. The van der Waals surface area contributed by atoms with Crippen molar-refractivity contribution in [3.8, 4) is 5.69 Å². The molecule has 0 aliphatic heterocycles. The van der Waals surface area contributed by atoms with Crippen LogP contribution in [0, 0.1) is 0 Å². The number of hydrogen-bond donors (Lipinski definition) is 0. The van der Waals surface area contributed by atoms with Crippen molar-refractivity contribution in [3.63, 3.8) is 0 Å². The van der Waals surface area contributed by atoms with Crippen LogP contribution in [0.2, 0.25) is 0 Å². The summed E-state index contributed by atoms with van der Waals surface area (Å²) in [5.41, 5.74) is 2.78. The Labute approximate surface area is 161 Å². The Bertz CT molecular complexity index is 1070. The fraction of sp³-hybridized carbons (Fsp3) is 0.0526. The molecule has 0 N–H and O–H groups in total. The first-order valence-electron chi connectivity index (χ1n) is 7.65. The van der Waals surface area contributed by atoms with Gasteiger partial charge in [-0.3, -0.25) is 9.36 Å². The van der Waals surface area contributed by atoms with Gasteiger partial charge in [0.2, 0.25) is 0 Å². The third kappa shape index (κ3) is 3.42. The number of aromatic nitrogens is 2. The van der Waals surface area contributed by atoms with Crippen molar-refractivity contribution in [3.05, 3.63) is 86.4 Å². The lowest BCUT2D eigenvalue weighted by Gasteiger charge is -2.12. The van der Waals surface area contributed by atoms with Gasteiger partial charge in [0.1, 0.15) is 4.70 Å². The van der Waals surface area contributed by atoms with Gasteiger partial charge in [-0.15, -0.1) is 11.3 Å². The zero-order valence-electron chi connectivity index (χ0n) is 13.1. The lowest BCUT2D eigenvalue weighted by molar-refractivity contribution is 0.822. The molecule has 0 saturated carbocycles. The minimum atomic E-state index is -0.0158. The van der Waals surface area contributed by atoms with Crippen molar-refractivity contribution >= 4 is 49.2 Å². The molecule has 0 aliphatic carbocycles. The van der Waals surface area contributed by atoms with Crippen LogP contribution in [0.1, 0.15) is 5.56 Å². The second-order valence-corrected chi connectivity index (χ2v) is 8.19. The van der Waals surface area contributed by atoms with E-state index in [4.69, 9.17) is 4.98 Å². The predicted octanol–water partition coefficient (Wildman–Crippen LogP) is 5.50. The number of halogens is 1. The Balaban J connectivity index is 1.82. The summed E-state index contributed by atoms with van der Waals surface area (Å²) >= 11 is 6.45. The van der Waals surface area contributed by atoms with Crippen LogP contribution in [-0.4, -0.2) is 9.55 Å². The number of hydrogen-bond acceptors (Lipinski definition) is 4. The van der Waals surface area contributed by atoms with Crippen LogP contribution in [0.5, 0.6) is 0 Å². The first kappa shape index (κ1) is 16.6. The van der Waals surface area contributed by atoms with Crippen LogP contribution in [0.4, 0.5) is 0 Å². The van der Waals surface area contributed by atoms with E-state index < -0.39 is 0 Å². The summed E-state index contributed by atoms with van der Waals surface area (Å²) in [6.07, 6.45) is 0. The minimum Gasteiger partial charge on any atom is -0.267 e. The summed E-state index contributed by atoms with van der Waals surface area (Å²) in [6, 6.07) is 19.8. The van der Waals surface area contributed by atoms with Crippen molar-refractivity contribution in [2.75, 3.05) is 0 Å². The molecule has 0 bridgehead atoms. The highest BCUT2D eigenvalue weighted by Crippen LogP contribution is 2.26. The molecule has 0 amide bonds. The fourth-order valence-corrected chi connectivity index (χ4v) is 4.52. The Morgan fingerprint density at radius 2 is 1.80 bits per heavy atom. The summed E-state index contributed by atoms with van der Waals surface area (Å²) < 4.78 is 3.37. The van der Waals surface area contributed by atoms with Gasteiger partial charge >= 0.3 is 0 Å². The van der Waals surface area contributed by atoms with Gasteiger partial charge < -0.3 is 0 Å². The lowest BCUT2D eigenvalue weighted by Crippen LogP contribution is -2.20. The van der Waals surface area contributed by atoms with E-state index in [9.17, 15) is 4.79 Å². The second-order valence-electron chi connectivity index (χ2n) is 5.42. The number of rotatable bonds is 4. The van der Waals surface area contributed by atoms with E-state index in [-0.39, 0.29) is 5.56 Å². The highest BCUT2D eigenvalue weighted by atomic mass is 79.9. The van der Waals surface area contributed by atoms with Gasteiger partial charge in [0.25, 0.3) is 5.56 Å². The number of thiophene rings is 1. The molecule has 2 heterocycles. The van der Waals surface area contributed by atoms with E-state index in [0.717, 1.165) is 21.4 Å². The topological polar surface area (TPSA) is 34.9 Å². The van der Waals surface area contributed by atoms with Gasteiger partial charge in [-0.1, -0.05) is 58.0 Å². The van der Waals surface area contributed by atoms with Crippen LogP contribution in [-0.2, 0) is 5.75 Å².